The molecule has 1 N–H and O–H groups in total. The Balaban J connectivity index is 1.50. The summed E-state index contributed by atoms with van der Waals surface area (Å²) >= 11 is 0. The Hall–Kier alpha value is -3.73. The minimum Gasteiger partial charge on any atom is -0.416 e. The highest BCUT2D eigenvalue weighted by Gasteiger charge is 2.12. The van der Waals surface area contributed by atoms with Crippen LogP contribution in [-0.2, 0) is 0 Å². The lowest BCUT2D eigenvalue weighted by molar-refractivity contribution is 0.102. The van der Waals surface area contributed by atoms with Crippen molar-refractivity contribution in [2.24, 2.45) is 0 Å². The van der Waals surface area contributed by atoms with Gasteiger partial charge in [-0.25, -0.2) is 0 Å². The second-order valence-corrected chi connectivity index (χ2v) is 7.19. The van der Waals surface area contributed by atoms with Gasteiger partial charge < -0.3 is 9.73 Å². The zero-order chi connectivity index (χ0) is 20.4. The van der Waals surface area contributed by atoms with Crippen LogP contribution in [0.1, 0.15) is 27.0 Å². The summed E-state index contributed by atoms with van der Waals surface area (Å²) in [7, 11) is 0. The fraction of sp³-hybridized carbons (Fsp3) is 0.125. The number of amides is 1. The minimum absolute atomic E-state index is 0.160. The molecule has 1 amide bonds. The number of hydrogen-bond acceptors (Lipinski definition) is 4. The van der Waals surface area contributed by atoms with Gasteiger partial charge in [-0.1, -0.05) is 23.8 Å². The van der Waals surface area contributed by atoms with Crippen molar-refractivity contribution < 1.29 is 9.21 Å². The lowest BCUT2D eigenvalue weighted by Gasteiger charge is -2.08. The molecule has 0 saturated carbocycles. The van der Waals surface area contributed by atoms with Gasteiger partial charge in [-0.2, -0.15) is 0 Å². The minimum atomic E-state index is -0.160. The molecule has 5 heteroatoms. The number of rotatable bonds is 4. The molecule has 0 aliphatic rings. The third-order valence-electron chi connectivity index (χ3n) is 4.60. The van der Waals surface area contributed by atoms with Crippen molar-refractivity contribution in [1.29, 1.82) is 0 Å². The summed E-state index contributed by atoms with van der Waals surface area (Å²) in [4.78, 5) is 12.5. The SMILES string of the molecule is Cc1ccc(-c2nnc(-c3ccc(C(=O)Nc4cc(C)cc(C)c4)cc3)o2)cc1. The topological polar surface area (TPSA) is 68.0 Å². The molecule has 0 atom stereocenters. The molecular weight excluding hydrogens is 362 g/mol. The molecule has 5 nitrogen and oxygen atoms in total. The number of carbonyl (C=O) groups is 1. The van der Waals surface area contributed by atoms with Crippen LogP contribution in [0, 0.1) is 20.8 Å². The fourth-order valence-corrected chi connectivity index (χ4v) is 3.17. The quantitative estimate of drug-likeness (QED) is 0.499. The van der Waals surface area contributed by atoms with Crippen LogP contribution in [0.3, 0.4) is 0 Å². The van der Waals surface area contributed by atoms with Crippen molar-refractivity contribution in [3.05, 3.63) is 89.0 Å². The monoisotopic (exact) mass is 383 g/mol. The summed E-state index contributed by atoms with van der Waals surface area (Å²) in [5.74, 6) is 0.728. The van der Waals surface area contributed by atoms with Crippen molar-refractivity contribution in [2.75, 3.05) is 5.32 Å². The molecule has 29 heavy (non-hydrogen) atoms. The molecule has 1 heterocycles. The molecule has 0 radical (unpaired) electrons. The highest BCUT2D eigenvalue weighted by Crippen LogP contribution is 2.24. The number of nitrogens with zero attached hydrogens (tertiary/aromatic N) is 2. The fourth-order valence-electron chi connectivity index (χ4n) is 3.17. The van der Waals surface area contributed by atoms with Gasteiger partial charge in [-0.05, 0) is 80.4 Å². The van der Waals surface area contributed by atoms with E-state index in [0.717, 1.165) is 27.9 Å². The molecule has 4 rings (SSSR count). The largest absolute Gasteiger partial charge is 0.416 e. The first-order chi connectivity index (χ1) is 14.0. The summed E-state index contributed by atoms with van der Waals surface area (Å²) < 4.78 is 5.80. The van der Waals surface area contributed by atoms with Gasteiger partial charge in [-0.15, -0.1) is 10.2 Å². The van der Waals surface area contributed by atoms with Crippen molar-refractivity contribution in [2.45, 2.75) is 20.8 Å². The number of carbonyl (C=O) groups excluding carboxylic acids is 1. The molecule has 1 aromatic heterocycles. The molecule has 0 spiro atoms. The average Bonchev–Trinajstić information content (AvgIpc) is 3.18. The van der Waals surface area contributed by atoms with Gasteiger partial charge in [0.25, 0.3) is 5.91 Å². The second-order valence-electron chi connectivity index (χ2n) is 7.19. The van der Waals surface area contributed by atoms with Crippen LogP contribution in [0.5, 0.6) is 0 Å². The molecule has 4 aromatic rings. The molecule has 0 aliphatic carbocycles. The molecule has 0 saturated heterocycles. The van der Waals surface area contributed by atoms with Gasteiger partial charge in [0.05, 0.1) is 0 Å². The predicted molar refractivity (Wildman–Crippen MR) is 114 cm³/mol. The Kier molecular flexibility index (Phi) is 4.96. The van der Waals surface area contributed by atoms with Crippen LogP contribution in [0.25, 0.3) is 22.9 Å². The first kappa shape index (κ1) is 18.6. The van der Waals surface area contributed by atoms with Gasteiger partial charge in [0, 0.05) is 22.4 Å². The van der Waals surface area contributed by atoms with E-state index in [2.05, 4.69) is 21.6 Å². The lowest BCUT2D eigenvalue weighted by Crippen LogP contribution is -2.12. The van der Waals surface area contributed by atoms with Crippen LogP contribution in [0.4, 0.5) is 5.69 Å². The van der Waals surface area contributed by atoms with Gasteiger partial charge in [0.1, 0.15) is 0 Å². The molecule has 0 bridgehead atoms. The van der Waals surface area contributed by atoms with Gasteiger partial charge in [0.15, 0.2) is 0 Å². The van der Waals surface area contributed by atoms with E-state index in [1.165, 1.54) is 5.56 Å². The molecular formula is C24H21N3O2. The number of nitrogens with one attached hydrogen (secondary N) is 1. The Morgan fingerprint density at radius 2 is 1.24 bits per heavy atom. The number of aromatic nitrogens is 2. The predicted octanol–water partition coefficient (Wildman–Crippen LogP) is 5.58. The third-order valence-corrected chi connectivity index (χ3v) is 4.60. The maximum Gasteiger partial charge on any atom is 0.255 e. The number of aryl methyl sites for hydroxylation is 3. The highest BCUT2D eigenvalue weighted by atomic mass is 16.4. The standard InChI is InChI=1S/C24H21N3O2/c1-15-4-6-19(7-5-15)23-26-27-24(29-23)20-10-8-18(9-11-20)22(28)25-21-13-16(2)12-17(3)14-21/h4-14H,1-3H3,(H,25,28). The van der Waals surface area contributed by atoms with E-state index >= 15 is 0 Å². The van der Waals surface area contributed by atoms with E-state index in [1.807, 2.05) is 69.3 Å². The number of benzene rings is 3. The lowest BCUT2D eigenvalue weighted by atomic mass is 10.1. The van der Waals surface area contributed by atoms with E-state index in [0.29, 0.717) is 17.3 Å². The summed E-state index contributed by atoms with van der Waals surface area (Å²) in [6.07, 6.45) is 0. The van der Waals surface area contributed by atoms with E-state index in [9.17, 15) is 4.79 Å². The summed E-state index contributed by atoms with van der Waals surface area (Å²) in [5, 5.41) is 11.2. The number of anilines is 1. The van der Waals surface area contributed by atoms with Crippen molar-refractivity contribution >= 4 is 11.6 Å². The summed E-state index contributed by atoms with van der Waals surface area (Å²) in [6.45, 7) is 6.04. The smallest absolute Gasteiger partial charge is 0.255 e. The number of hydrogen-bond donors (Lipinski definition) is 1. The maximum atomic E-state index is 12.5. The zero-order valence-electron chi connectivity index (χ0n) is 16.6. The molecule has 0 aliphatic heterocycles. The Morgan fingerprint density at radius 3 is 1.79 bits per heavy atom. The van der Waals surface area contributed by atoms with Crippen molar-refractivity contribution in [3.8, 4) is 22.9 Å². The Morgan fingerprint density at radius 1 is 0.724 bits per heavy atom. The van der Waals surface area contributed by atoms with Gasteiger partial charge in [0.2, 0.25) is 11.8 Å². The molecule has 144 valence electrons. The van der Waals surface area contributed by atoms with Crippen molar-refractivity contribution in [3.63, 3.8) is 0 Å². The van der Waals surface area contributed by atoms with Crippen LogP contribution in [-0.4, -0.2) is 16.1 Å². The second kappa shape index (κ2) is 7.72. The first-order valence-corrected chi connectivity index (χ1v) is 9.38. The zero-order valence-corrected chi connectivity index (χ0v) is 16.6. The van der Waals surface area contributed by atoms with E-state index < -0.39 is 0 Å². The average molecular weight is 383 g/mol. The van der Waals surface area contributed by atoms with Crippen LogP contribution in [0.2, 0.25) is 0 Å². The van der Waals surface area contributed by atoms with Gasteiger partial charge >= 0.3 is 0 Å². The van der Waals surface area contributed by atoms with Gasteiger partial charge in [-0.3, -0.25) is 4.79 Å². The van der Waals surface area contributed by atoms with Crippen LogP contribution >= 0.6 is 0 Å². The molecule has 3 aromatic carbocycles. The Labute approximate surface area is 169 Å². The Bertz CT molecular complexity index is 1140. The third kappa shape index (κ3) is 4.24. The summed E-state index contributed by atoms with van der Waals surface area (Å²) in [6, 6.07) is 21.0. The van der Waals surface area contributed by atoms with E-state index in [-0.39, 0.29) is 5.91 Å². The molecule has 0 unspecified atom stereocenters. The maximum absolute atomic E-state index is 12.5. The first-order valence-electron chi connectivity index (χ1n) is 9.38. The van der Waals surface area contributed by atoms with E-state index in [1.54, 1.807) is 12.1 Å². The normalized spacial score (nSPS) is 10.7. The van der Waals surface area contributed by atoms with E-state index in [4.69, 9.17) is 4.42 Å². The molecule has 0 fully saturated rings. The summed E-state index contributed by atoms with van der Waals surface area (Å²) in [5.41, 5.74) is 6.37. The van der Waals surface area contributed by atoms with Crippen LogP contribution in [0.15, 0.2) is 71.1 Å². The highest BCUT2D eigenvalue weighted by molar-refractivity contribution is 6.04. The van der Waals surface area contributed by atoms with Crippen LogP contribution < -0.4 is 5.32 Å². The van der Waals surface area contributed by atoms with Crippen molar-refractivity contribution in [1.82, 2.24) is 10.2 Å².